The summed E-state index contributed by atoms with van der Waals surface area (Å²) in [6.45, 7) is 0.408. The van der Waals surface area contributed by atoms with Crippen LogP contribution in [-0.2, 0) is 6.54 Å². The minimum absolute atomic E-state index is 0.183. The fourth-order valence-electron chi connectivity index (χ4n) is 1.43. The summed E-state index contributed by atoms with van der Waals surface area (Å²) < 4.78 is 0.764. The van der Waals surface area contributed by atoms with Crippen molar-refractivity contribution in [1.82, 2.24) is 10.3 Å². The van der Waals surface area contributed by atoms with Crippen molar-refractivity contribution in [3.63, 3.8) is 0 Å². The molecule has 0 aliphatic heterocycles. The van der Waals surface area contributed by atoms with Crippen molar-refractivity contribution in [3.05, 3.63) is 58.3 Å². The molecule has 0 aliphatic rings. The predicted octanol–water partition coefficient (Wildman–Crippen LogP) is 2.48. The summed E-state index contributed by atoms with van der Waals surface area (Å²) in [7, 11) is 0. The van der Waals surface area contributed by atoms with E-state index in [0.717, 1.165) is 10.0 Å². The lowest BCUT2D eigenvalue weighted by Gasteiger charge is -2.05. The van der Waals surface area contributed by atoms with E-state index in [1.807, 2.05) is 0 Å². The Bertz CT molecular complexity index is 555. The van der Waals surface area contributed by atoms with Gasteiger partial charge in [-0.15, -0.1) is 0 Å². The van der Waals surface area contributed by atoms with Gasteiger partial charge in [-0.25, -0.2) is 0 Å². The number of halogens is 1. The fourth-order valence-corrected chi connectivity index (χ4v) is 1.80. The molecule has 0 saturated carbocycles. The summed E-state index contributed by atoms with van der Waals surface area (Å²) in [5, 5.41) is 11.9. The topological polar surface area (TPSA) is 62.2 Å². The number of amides is 1. The van der Waals surface area contributed by atoms with Gasteiger partial charge < -0.3 is 10.4 Å². The van der Waals surface area contributed by atoms with Gasteiger partial charge in [0, 0.05) is 23.4 Å². The number of rotatable bonds is 3. The van der Waals surface area contributed by atoms with Crippen LogP contribution in [0.1, 0.15) is 15.9 Å². The molecule has 18 heavy (non-hydrogen) atoms. The number of aromatic hydroxyl groups is 1. The lowest BCUT2D eigenvalue weighted by Crippen LogP contribution is -2.22. The molecule has 0 atom stereocenters. The van der Waals surface area contributed by atoms with Gasteiger partial charge in [-0.2, -0.15) is 0 Å². The third kappa shape index (κ3) is 3.30. The molecular formula is C13H11BrN2O2. The minimum atomic E-state index is -0.183. The van der Waals surface area contributed by atoms with Gasteiger partial charge in [-0.05, 0) is 39.7 Å². The Labute approximate surface area is 113 Å². The molecule has 1 aromatic heterocycles. The summed E-state index contributed by atoms with van der Waals surface area (Å²) >= 11 is 3.26. The van der Waals surface area contributed by atoms with Crippen molar-refractivity contribution in [2.24, 2.45) is 0 Å². The maximum Gasteiger partial charge on any atom is 0.253 e. The molecule has 0 bridgehead atoms. The van der Waals surface area contributed by atoms with Crippen molar-refractivity contribution >= 4 is 21.8 Å². The summed E-state index contributed by atoms with van der Waals surface area (Å²) in [6, 6.07) is 8.40. The van der Waals surface area contributed by atoms with Gasteiger partial charge in [0.05, 0.1) is 5.56 Å². The van der Waals surface area contributed by atoms with E-state index < -0.39 is 0 Å². The third-order valence-electron chi connectivity index (χ3n) is 2.36. The molecule has 0 radical (unpaired) electrons. The molecule has 5 heteroatoms. The van der Waals surface area contributed by atoms with E-state index in [1.165, 1.54) is 6.20 Å². The Morgan fingerprint density at radius 1 is 1.28 bits per heavy atom. The first kappa shape index (κ1) is 12.6. The average Bonchev–Trinajstić information content (AvgIpc) is 2.38. The van der Waals surface area contributed by atoms with Gasteiger partial charge in [0.2, 0.25) is 0 Å². The zero-order chi connectivity index (χ0) is 13.0. The molecule has 0 saturated heterocycles. The smallest absolute Gasteiger partial charge is 0.253 e. The molecule has 0 fully saturated rings. The van der Waals surface area contributed by atoms with E-state index in [1.54, 1.807) is 36.5 Å². The standard InChI is InChI=1S/C13H11BrN2O2/c14-11-5-10(7-15-8-11)13(18)16-6-9-1-3-12(17)4-2-9/h1-5,7-8,17H,6H2,(H,16,18). The van der Waals surface area contributed by atoms with Crippen molar-refractivity contribution in [2.75, 3.05) is 0 Å². The van der Waals surface area contributed by atoms with Crippen LogP contribution in [0.25, 0.3) is 0 Å². The van der Waals surface area contributed by atoms with E-state index in [2.05, 4.69) is 26.2 Å². The number of pyridine rings is 1. The Balaban J connectivity index is 1.98. The molecule has 0 aliphatic carbocycles. The summed E-state index contributed by atoms with van der Waals surface area (Å²) in [6.07, 6.45) is 3.13. The average molecular weight is 307 g/mol. The lowest BCUT2D eigenvalue weighted by molar-refractivity contribution is 0.0950. The second-order valence-corrected chi connectivity index (χ2v) is 4.66. The Morgan fingerprint density at radius 3 is 2.67 bits per heavy atom. The highest BCUT2D eigenvalue weighted by Gasteiger charge is 2.05. The number of nitrogens with zero attached hydrogens (tertiary/aromatic N) is 1. The van der Waals surface area contributed by atoms with Gasteiger partial charge in [0.1, 0.15) is 5.75 Å². The first-order chi connectivity index (χ1) is 8.65. The number of hydrogen-bond acceptors (Lipinski definition) is 3. The normalized spacial score (nSPS) is 10.1. The van der Waals surface area contributed by atoms with Crippen molar-refractivity contribution in [1.29, 1.82) is 0 Å². The molecule has 92 valence electrons. The molecule has 1 aromatic carbocycles. The second-order valence-electron chi connectivity index (χ2n) is 3.74. The molecule has 4 nitrogen and oxygen atoms in total. The van der Waals surface area contributed by atoms with E-state index in [4.69, 9.17) is 5.11 Å². The van der Waals surface area contributed by atoms with Crippen molar-refractivity contribution in [2.45, 2.75) is 6.54 Å². The van der Waals surface area contributed by atoms with Crippen LogP contribution >= 0.6 is 15.9 Å². The number of carbonyl (C=O) groups excluding carboxylic acids is 1. The highest BCUT2D eigenvalue weighted by Crippen LogP contribution is 2.11. The van der Waals surface area contributed by atoms with Crippen LogP contribution in [0, 0.1) is 0 Å². The molecule has 1 amide bonds. The number of benzene rings is 1. The number of phenols is 1. The van der Waals surface area contributed by atoms with Crippen LogP contribution < -0.4 is 5.32 Å². The maximum atomic E-state index is 11.8. The highest BCUT2D eigenvalue weighted by atomic mass is 79.9. The van der Waals surface area contributed by atoms with Crippen LogP contribution in [0.5, 0.6) is 5.75 Å². The molecule has 2 rings (SSSR count). The zero-order valence-electron chi connectivity index (χ0n) is 9.43. The minimum Gasteiger partial charge on any atom is -0.508 e. The SMILES string of the molecule is O=C(NCc1ccc(O)cc1)c1cncc(Br)c1. The van der Waals surface area contributed by atoms with Gasteiger partial charge >= 0.3 is 0 Å². The van der Waals surface area contributed by atoms with Gasteiger partial charge in [-0.3, -0.25) is 9.78 Å². The number of phenolic OH excluding ortho intramolecular Hbond substituents is 1. The zero-order valence-corrected chi connectivity index (χ0v) is 11.0. The van der Waals surface area contributed by atoms with E-state index in [9.17, 15) is 4.79 Å². The number of hydrogen-bond donors (Lipinski definition) is 2. The molecular weight excluding hydrogens is 296 g/mol. The Morgan fingerprint density at radius 2 is 2.00 bits per heavy atom. The maximum absolute atomic E-state index is 11.8. The molecule has 1 heterocycles. The van der Waals surface area contributed by atoms with E-state index in [0.29, 0.717) is 12.1 Å². The van der Waals surface area contributed by atoms with Gasteiger partial charge in [0.15, 0.2) is 0 Å². The van der Waals surface area contributed by atoms with Crippen LogP contribution in [0.4, 0.5) is 0 Å². The number of carbonyl (C=O) groups is 1. The second kappa shape index (κ2) is 5.64. The van der Waals surface area contributed by atoms with Crippen molar-refractivity contribution in [3.8, 4) is 5.75 Å². The fraction of sp³-hybridized carbons (Fsp3) is 0.0769. The first-order valence-corrected chi connectivity index (χ1v) is 6.11. The first-order valence-electron chi connectivity index (χ1n) is 5.32. The monoisotopic (exact) mass is 306 g/mol. The Hall–Kier alpha value is -1.88. The summed E-state index contributed by atoms with van der Waals surface area (Å²) in [4.78, 5) is 15.7. The van der Waals surface area contributed by atoms with Crippen LogP contribution in [0.2, 0.25) is 0 Å². The Kier molecular flexibility index (Phi) is 3.94. The van der Waals surface area contributed by atoms with Gasteiger partial charge in [0.25, 0.3) is 5.91 Å². The number of nitrogens with one attached hydrogen (secondary N) is 1. The molecule has 0 unspecified atom stereocenters. The van der Waals surface area contributed by atoms with Crippen LogP contribution in [-0.4, -0.2) is 16.0 Å². The molecule has 0 spiro atoms. The summed E-state index contributed by atoms with van der Waals surface area (Å²) in [5.74, 6) is 0.0261. The lowest BCUT2D eigenvalue weighted by atomic mass is 10.2. The van der Waals surface area contributed by atoms with E-state index >= 15 is 0 Å². The number of aromatic nitrogens is 1. The van der Waals surface area contributed by atoms with E-state index in [-0.39, 0.29) is 11.7 Å². The quantitative estimate of drug-likeness (QED) is 0.916. The highest BCUT2D eigenvalue weighted by molar-refractivity contribution is 9.10. The van der Waals surface area contributed by atoms with Crippen LogP contribution in [0.3, 0.4) is 0 Å². The molecule has 2 N–H and O–H groups in total. The summed E-state index contributed by atoms with van der Waals surface area (Å²) in [5.41, 5.74) is 1.42. The van der Waals surface area contributed by atoms with Crippen molar-refractivity contribution < 1.29 is 9.90 Å². The third-order valence-corrected chi connectivity index (χ3v) is 2.79. The van der Waals surface area contributed by atoms with Crippen LogP contribution in [0.15, 0.2) is 47.2 Å². The molecule has 2 aromatic rings. The largest absolute Gasteiger partial charge is 0.508 e. The van der Waals surface area contributed by atoms with Gasteiger partial charge in [-0.1, -0.05) is 12.1 Å². The predicted molar refractivity (Wildman–Crippen MR) is 71.2 cm³/mol.